The molecule has 2 fully saturated rings. The predicted octanol–water partition coefficient (Wildman–Crippen LogP) is 1.02. The van der Waals surface area contributed by atoms with Gasteiger partial charge < -0.3 is 4.90 Å². The summed E-state index contributed by atoms with van der Waals surface area (Å²) >= 11 is 0. The van der Waals surface area contributed by atoms with E-state index < -0.39 is 10.0 Å². The van der Waals surface area contributed by atoms with Crippen molar-refractivity contribution in [2.45, 2.75) is 30.9 Å². The smallest absolute Gasteiger partial charge is 0.253 e. The van der Waals surface area contributed by atoms with E-state index in [1.54, 1.807) is 24.5 Å². The summed E-state index contributed by atoms with van der Waals surface area (Å²) in [7, 11) is -3.10. The second kappa shape index (κ2) is 6.34. The van der Waals surface area contributed by atoms with Crippen LogP contribution in [0.4, 0.5) is 0 Å². The van der Waals surface area contributed by atoms with Gasteiger partial charge in [-0.15, -0.1) is 0 Å². The molecular weight excluding hydrogens is 302 g/mol. The number of pyridine rings is 1. The van der Waals surface area contributed by atoms with Crippen molar-refractivity contribution in [3.63, 3.8) is 0 Å². The molecule has 1 amide bonds. The van der Waals surface area contributed by atoms with Crippen LogP contribution in [0.2, 0.25) is 0 Å². The summed E-state index contributed by atoms with van der Waals surface area (Å²) in [5.74, 6) is 0.342. The number of likely N-dealkylation sites (tertiary alicyclic amines) is 1. The molecular formula is C15H21N3O3S. The average molecular weight is 323 g/mol. The van der Waals surface area contributed by atoms with Crippen molar-refractivity contribution in [3.8, 4) is 0 Å². The van der Waals surface area contributed by atoms with Gasteiger partial charge in [0.25, 0.3) is 5.91 Å². The Balaban J connectivity index is 1.47. The van der Waals surface area contributed by atoms with Crippen molar-refractivity contribution in [1.29, 1.82) is 0 Å². The number of aromatic nitrogens is 1. The van der Waals surface area contributed by atoms with E-state index in [1.165, 1.54) is 0 Å². The van der Waals surface area contributed by atoms with Crippen LogP contribution in [-0.4, -0.2) is 49.1 Å². The molecule has 7 heteroatoms. The highest BCUT2D eigenvalue weighted by Gasteiger charge is 2.36. The SMILES string of the molecule is O=C(c1ccncc1)N1CCC(CNS(=O)(=O)C2CC2)CC1. The van der Waals surface area contributed by atoms with Gasteiger partial charge in [-0.1, -0.05) is 0 Å². The lowest BCUT2D eigenvalue weighted by atomic mass is 9.97. The van der Waals surface area contributed by atoms with Crippen LogP contribution in [0.1, 0.15) is 36.0 Å². The molecule has 0 unspecified atom stereocenters. The molecule has 1 aliphatic heterocycles. The molecule has 120 valence electrons. The summed E-state index contributed by atoms with van der Waals surface area (Å²) in [6.07, 6.45) is 6.48. The lowest BCUT2D eigenvalue weighted by Crippen LogP contribution is -2.42. The van der Waals surface area contributed by atoms with Crippen molar-refractivity contribution in [2.75, 3.05) is 19.6 Å². The van der Waals surface area contributed by atoms with Crippen LogP contribution >= 0.6 is 0 Å². The van der Waals surface area contributed by atoms with E-state index in [1.807, 2.05) is 4.90 Å². The second-order valence-electron chi connectivity index (χ2n) is 6.06. The van der Waals surface area contributed by atoms with Gasteiger partial charge in [0.2, 0.25) is 10.0 Å². The molecule has 0 bridgehead atoms. The molecule has 2 heterocycles. The first-order valence-corrected chi connectivity index (χ1v) is 9.28. The molecule has 0 radical (unpaired) electrons. The summed E-state index contributed by atoms with van der Waals surface area (Å²) in [6.45, 7) is 1.85. The number of hydrogen-bond donors (Lipinski definition) is 1. The molecule has 22 heavy (non-hydrogen) atoms. The maximum atomic E-state index is 12.3. The first-order valence-electron chi connectivity index (χ1n) is 7.74. The van der Waals surface area contributed by atoms with Crippen molar-refractivity contribution in [2.24, 2.45) is 5.92 Å². The molecule has 2 aliphatic rings. The number of hydrogen-bond acceptors (Lipinski definition) is 4. The Morgan fingerprint density at radius 1 is 1.18 bits per heavy atom. The minimum atomic E-state index is -3.10. The van der Waals surface area contributed by atoms with Crippen molar-refractivity contribution < 1.29 is 13.2 Å². The molecule has 0 aromatic carbocycles. The van der Waals surface area contributed by atoms with Gasteiger partial charge in [-0.25, -0.2) is 13.1 Å². The van der Waals surface area contributed by atoms with Gasteiger partial charge >= 0.3 is 0 Å². The average Bonchev–Trinajstić information content (AvgIpc) is 3.39. The third-order valence-electron chi connectivity index (χ3n) is 4.37. The fourth-order valence-electron chi connectivity index (χ4n) is 2.75. The first-order chi connectivity index (χ1) is 10.6. The second-order valence-corrected chi connectivity index (χ2v) is 8.11. The van der Waals surface area contributed by atoms with Gasteiger partial charge in [0.05, 0.1) is 5.25 Å². The monoisotopic (exact) mass is 323 g/mol. The maximum absolute atomic E-state index is 12.3. The van der Waals surface area contributed by atoms with Gasteiger partial charge in [0.1, 0.15) is 0 Å². The standard InChI is InChI=1S/C15H21N3O3S/c19-15(13-3-7-16-8-4-13)18-9-5-12(6-10-18)11-17-22(20,21)14-1-2-14/h3-4,7-8,12,14,17H,1-2,5-6,9-11H2. The number of amides is 1. The third-order valence-corrected chi connectivity index (χ3v) is 6.28. The van der Waals surface area contributed by atoms with Gasteiger partial charge in [-0.3, -0.25) is 9.78 Å². The Kier molecular flexibility index (Phi) is 4.44. The van der Waals surface area contributed by atoms with Crippen LogP contribution in [0.5, 0.6) is 0 Å². The fourth-order valence-corrected chi connectivity index (χ4v) is 4.21. The van der Waals surface area contributed by atoms with Crippen LogP contribution in [0.3, 0.4) is 0 Å². The third kappa shape index (κ3) is 3.64. The number of nitrogens with zero attached hydrogens (tertiary/aromatic N) is 2. The maximum Gasteiger partial charge on any atom is 0.253 e. The van der Waals surface area contributed by atoms with Crippen molar-refractivity contribution in [1.82, 2.24) is 14.6 Å². The van der Waals surface area contributed by atoms with E-state index >= 15 is 0 Å². The zero-order chi connectivity index (χ0) is 15.6. The Labute approximate surface area is 131 Å². The summed E-state index contributed by atoms with van der Waals surface area (Å²) < 4.78 is 26.3. The van der Waals surface area contributed by atoms with Gasteiger partial charge in [0.15, 0.2) is 0 Å². The summed E-state index contributed by atoms with van der Waals surface area (Å²) in [5, 5.41) is -0.166. The van der Waals surface area contributed by atoms with E-state index in [-0.39, 0.29) is 11.2 Å². The Morgan fingerprint density at radius 2 is 1.82 bits per heavy atom. The predicted molar refractivity (Wildman–Crippen MR) is 82.8 cm³/mol. The van der Waals surface area contributed by atoms with Crippen molar-refractivity contribution >= 4 is 15.9 Å². The van der Waals surface area contributed by atoms with Crippen LogP contribution in [0.25, 0.3) is 0 Å². The summed E-state index contributed by atoms with van der Waals surface area (Å²) in [5.41, 5.74) is 0.655. The molecule has 1 saturated carbocycles. The van der Waals surface area contributed by atoms with Crippen LogP contribution in [0.15, 0.2) is 24.5 Å². The minimum absolute atomic E-state index is 0.0272. The number of nitrogens with one attached hydrogen (secondary N) is 1. The van der Waals surface area contributed by atoms with E-state index in [0.717, 1.165) is 25.7 Å². The molecule has 1 aromatic heterocycles. The molecule has 6 nitrogen and oxygen atoms in total. The van der Waals surface area contributed by atoms with Crippen LogP contribution in [0, 0.1) is 5.92 Å². The summed E-state index contributed by atoms with van der Waals surface area (Å²) in [4.78, 5) is 18.1. The summed E-state index contributed by atoms with van der Waals surface area (Å²) in [6, 6.07) is 3.44. The largest absolute Gasteiger partial charge is 0.339 e. The highest BCUT2D eigenvalue weighted by Crippen LogP contribution is 2.28. The Hall–Kier alpha value is -1.47. The van der Waals surface area contributed by atoms with E-state index in [9.17, 15) is 13.2 Å². The zero-order valence-corrected chi connectivity index (χ0v) is 13.3. The number of sulfonamides is 1. The first kappa shape index (κ1) is 15.4. The molecule has 1 N–H and O–H groups in total. The number of carbonyl (C=O) groups is 1. The highest BCUT2D eigenvalue weighted by molar-refractivity contribution is 7.90. The van der Waals surface area contributed by atoms with E-state index in [4.69, 9.17) is 0 Å². The topological polar surface area (TPSA) is 79.4 Å². The molecule has 3 rings (SSSR count). The molecule has 0 atom stereocenters. The molecule has 1 saturated heterocycles. The lowest BCUT2D eigenvalue weighted by molar-refractivity contribution is 0.0692. The lowest BCUT2D eigenvalue weighted by Gasteiger charge is -2.32. The van der Waals surface area contributed by atoms with Crippen LogP contribution in [-0.2, 0) is 10.0 Å². The Bertz CT molecular complexity index is 621. The van der Waals surface area contributed by atoms with E-state index in [0.29, 0.717) is 31.1 Å². The van der Waals surface area contributed by atoms with E-state index in [2.05, 4.69) is 9.71 Å². The molecule has 1 aromatic rings. The van der Waals surface area contributed by atoms with Crippen molar-refractivity contribution in [3.05, 3.63) is 30.1 Å². The number of rotatable bonds is 5. The fraction of sp³-hybridized carbons (Fsp3) is 0.600. The Morgan fingerprint density at radius 3 is 2.41 bits per heavy atom. The normalized spacial score (nSPS) is 20.1. The quantitative estimate of drug-likeness (QED) is 0.877. The molecule has 0 spiro atoms. The number of piperidine rings is 1. The molecule has 1 aliphatic carbocycles. The van der Waals surface area contributed by atoms with Gasteiger partial charge in [-0.05, 0) is 43.7 Å². The van der Waals surface area contributed by atoms with Gasteiger partial charge in [-0.2, -0.15) is 0 Å². The van der Waals surface area contributed by atoms with Crippen LogP contribution < -0.4 is 4.72 Å². The minimum Gasteiger partial charge on any atom is -0.339 e. The van der Waals surface area contributed by atoms with Gasteiger partial charge in [0, 0.05) is 37.6 Å². The zero-order valence-electron chi connectivity index (χ0n) is 12.4. The number of carbonyl (C=O) groups excluding carboxylic acids is 1. The highest BCUT2D eigenvalue weighted by atomic mass is 32.2.